The van der Waals surface area contributed by atoms with Crippen molar-refractivity contribution < 1.29 is 19.4 Å². The number of nitrogens with one attached hydrogen (secondary N) is 1. The second-order valence-electron chi connectivity index (χ2n) is 7.75. The van der Waals surface area contributed by atoms with Crippen LogP contribution in [0.2, 0.25) is 0 Å². The van der Waals surface area contributed by atoms with Gasteiger partial charge in [-0.25, -0.2) is 4.79 Å². The van der Waals surface area contributed by atoms with Crippen molar-refractivity contribution in [3.63, 3.8) is 0 Å². The van der Waals surface area contributed by atoms with Crippen LogP contribution in [0.4, 0.5) is 4.79 Å². The van der Waals surface area contributed by atoms with Gasteiger partial charge in [-0.1, -0.05) is 0 Å². The van der Waals surface area contributed by atoms with Gasteiger partial charge in [0.25, 0.3) is 5.91 Å². The lowest BCUT2D eigenvalue weighted by molar-refractivity contribution is 0.0329. The van der Waals surface area contributed by atoms with Crippen molar-refractivity contribution in [2.75, 3.05) is 14.1 Å². The molecule has 1 heterocycles. The molecule has 0 atom stereocenters. The van der Waals surface area contributed by atoms with E-state index in [0.29, 0.717) is 23.9 Å². The van der Waals surface area contributed by atoms with Crippen LogP contribution in [0.3, 0.4) is 0 Å². The molecular weight excluding hydrogens is 324 g/mol. The van der Waals surface area contributed by atoms with Crippen LogP contribution in [0, 0.1) is 5.92 Å². The van der Waals surface area contributed by atoms with Crippen LogP contribution in [0.5, 0.6) is 0 Å². The minimum absolute atomic E-state index is 0.143. The summed E-state index contributed by atoms with van der Waals surface area (Å²) in [4.78, 5) is 25.6. The molecule has 1 aromatic rings. The summed E-state index contributed by atoms with van der Waals surface area (Å²) < 4.78 is 6.87. The SMILES string of the molecule is CN(C)C(=O)c1cc(CNC(=O)OC(C)(C)C)nn1CC1CC(O)C1. The Morgan fingerprint density at radius 3 is 2.56 bits per heavy atom. The van der Waals surface area contributed by atoms with Crippen molar-refractivity contribution in [1.29, 1.82) is 0 Å². The molecule has 0 spiro atoms. The molecule has 1 fully saturated rings. The lowest BCUT2D eigenvalue weighted by Gasteiger charge is -2.31. The largest absolute Gasteiger partial charge is 0.444 e. The van der Waals surface area contributed by atoms with Crippen LogP contribution in [-0.4, -0.2) is 57.6 Å². The van der Waals surface area contributed by atoms with Gasteiger partial charge in [0.1, 0.15) is 11.3 Å². The monoisotopic (exact) mass is 352 g/mol. The highest BCUT2D eigenvalue weighted by Gasteiger charge is 2.29. The normalized spacial score (nSPS) is 19.9. The molecule has 2 amide bonds. The Kier molecular flexibility index (Phi) is 5.72. The number of alkyl carbamates (subject to hydrolysis) is 1. The van der Waals surface area contributed by atoms with Crippen molar-refractivity contribution in [2.24, 2.45) is 5.92 Å². The van der Waals surface area contributed by atoms with Gasteiger partial charge in [-0.3, -0.25) is 9.48 Å². The molecule has 0 bridgehead atoms. The molecule has 8 nitrogen and oxygen atoms in total. The molecule has 140 valence electrons. The summed E-state index contributed by atoms with van der Waals surface area (Å²) in [5.41, 5.74) is 0.504. The number of nitrogens with zero attached hydrogens (tertiary/aromatic N) is 3. The van der Waals surface area contributed by atoms with E-state index in [1.54, 1.807) is 45.6 Å². The fourth-order valence-corrected chi connectivity index (χ4v) is 2.67. The van der Waals surface area contributed by atoms with E-state index in [0.717, 1.165) is 12.8 Å². The van der Waals surface area contributed by atoms with Gasteiger partial charge in [-0.2, -0.15) is 5.10 Å². The van der Waals surface area contributed by atoms with E-state index in [4.69, 9.17) is 4.74 Å². The first-order chi connectivity index (χ1) is 11.5. The number of carbonyl (C=O) groups is 2. The van der Waals surface area contributed by atoms with Gasteiger partial charge < -0.3 is 20.1 Å². The number of hydrogen-bond acceptors (Lipinski definition) is 5. The zero-order chi connectivity index (χ0) is 18.8. The first-order valence-electron chi connectivity index (χ1n) is 8.48. The Morgan fingerprint density at radius 1 is 1.40 bits per heavy atom. The average Bonchev–Trinajstić information content (AvgIpc) is 2.83. The third-order valence-electron chi connectivity index (χ3n) is 3.91. The van der Waals surface area contributed by atoms with Gasteiger partial charge in [0, 0.05) is 20.6 Å². The molecule has 2 N–H and O–H groups in total. The number of aliphatic hydroxyl groups excluding tert-OH is 1. The maximum atomic E-state index is 12.4. The second-order valence-corrected chi connectivity index (χ2v) is 7.75. The van der Waals surface area contributed by atoms with E-state index in [2.05, 4.69) is 10.4 Å². The standard InChI is InChI=1S/C17H28N4O4/c1-17(2,3)25-16(24)18-9-12-8-14(15(23)20(4)5)21(19-12)10-11-6-13(22)7-11/h8,11,13,22H,6-7,9-10H2,1-5H3,(H,18,24). The van der Waals surface area contributed by atoms with E-state index in [-0.39, 0.29) is 18.6 Å². The van der Waals surface area contributed by atoms with Crippen LogP contribution in [0.25, 0.3) is 0 Å². The molecule has 0 radical (unpaired) electrons. The highest BCUT2D eigenvalue weighted by Crippen LogP contribution is 2.29. The zero-order valence-electron chi connectivity index (χ0n) is 15.6. The molecule has 2 rings (SSSR count). The van der Waals surface area contributed by atoms with E-state index >= 15 is 0 Å². The highest BCUT2D eigenvalue weighted by atomic mass is 16.6. The third kappa shape index (κ3) is 5.45. The Morgan fingerprint density at radius 2 is 2.04 bits per heavy atom. The van der Waals surface area contributed by atoms with Gasteiger partial charge in [-0.15, -0.1) is 0 Å². The molecule has 8 heteroatoms. The van der Waals surface area contributed by atoms with Gasteiger partial charge in [0.05, 0.1) is 18.3 Å². The quantitative estimate of drug-likeness (QED) is 0.834. The minimum Gasteiger partial charge on any atom is -0.444 e. The predicted molar refractivity (Wildman–Crippen MR) is 92.0 cm³/mol. The minimum atomic E-state index is -0.569. The van der Waals surface area contributed by atoms with E-state index < -0.39 is 11.7 Å². The Hall–Kier alpha value is -2.09. The number of amides is 2. The van der Waals surface area contributed by atoms with E-state index in [9.17, 15) is 14.7 Å². The first kappa shape index (κ1) is 19.2. The fourth-order valence-electron chi connectivity index (χ4n) is 2.67. The number of ether oxygens (including phenoxy) is 1. The van der Waals surface area contributed by atoms with Crippen molar-refractivity contribution >= 4 is 12.0 Å². The van der Waals surface area contributed by atoms with Crippen LogP contribution in [-0.2, 0) is 17.8 Å². The third-order valence-corrected chi connectivity index (χ3v) is 3.91. The maximum Gasteiger partial charge on any atom is 0.407 e. The van der Waals surface area contributed by atoms with Crippen LogP contribution in [0.1, 0.15) is 49.8 Å². The summed E-state index contributed by atoms with van der Waals surface area (Å²) in [6, 6.07) is 1.69. The zero-order valence-corrected chi connectivity index (χ0v) is 15.6. The smallest absolute Gasteiger partial charge is 0.407 e. The van der Waals surface area contributed by atoms with Crippen molar-refractivity contribution in [1.82, 2.24) is 20.0 Å². The Labute approximate surface area is 148 Å². The topological polar surface area (TPSA) is 96.7 Å². The summed E-state index contributed by atoms with van der Waals surface area (Å²) in [5.74, 6) is 0.172. The molecule has 25 heavy (non-hydrogen) atoms. The van der Waals surface area contributed by atoms with Gasteiger partial charge in [0.15, 0.2) is 0 Å². The Balaban J connectivity index is 2.05. The number of rotatable bonds is 5. The molecule has 0 unspecified atom stereocenters. The Bertz CT molecular complexity index is 627. The molecule has 1 aromatic heterocycles. The number of aromatic nitrogens is 2. The van der Waals surface area contributed by atoms with E-state index in [1.165, 1.54) is 4.90 Å². The van der Waals surface area contributed by atoms with Crippen molar-refractivity contribution in [3.8, 4) is 0 Å². The number of carbonyl (C=O) groups excluding carboxylic acids is 2. The van der Waals surface area contributed by atoms with Crippen LogP contribution < -0.4 is 5.32 Å². The van der Waals surface area contributed by atoms with Gasteiger partial charge >= 0.3 is 6.09 Å². The van der Waals surface area contributed by atoms with Crippen LogP contribution in [0.15, 0.2) is 6.07 Å². The van der Waals surface area contributed by atoms with Crippen LogP contribution >= 0.6 is 0 Å². The lowest BCUT2D eigenvalue weighted by Crippen LogP contribution is -2.33. The summed E-state index contributed by atoms with van der Waals surface area (Å²) in [5, 5.41) is 16.5. The molecule has 0 aliphatic heterocycles. The molecule has 1 saturated carbocycles. The summed E-state index contributed by atoms with van der Waals surface area (Å²) in [6.45, 7) is 6.15. The maximum absolute atomic E-state index is 12.4. The summed E-state index contributed by atoms with van der Waals surface area (Å²) in [6.07, 6.45) is 0.675. The molecule has 0 aromatic carbocycles. The summed E-state index contributed by atoms with van der Waals surface area (Å²) in [7, 11) is 3.37. The predicted octanol–water partition coefficient (Wildman–Crippen LogP) is 1.38. The highest BCUT2D eigenvalue weighted by molar-refractivity contribution is 5.92. The molecule has 1 aliphatic rings. The summed E-state index contributed by atoms with van der Waals surface area (Å²) >= 11 is 0. The fraction of sp³-hybridized carbons (Fsp3) is 0.706. The number of aliphatic hydroxyl groups is 1. The van der Waals surface area contributed by atoms with Gasteiger partial charge in [0.2, 0.25) is 0 Å². The lowest BCUT2D eigenvalue weighted by atomic mass is 9.82. The average molecular weight is 352 g/mol. The number of hydrogen-bond donors (Lipinski definition) is 2. The van der Waals surface area contributed by atoms with E-state index in [1.807, 2.05) is 0 Å². The molecular formula is C17H28N4O4. The van der Waals surface area contributed by atoms with Crippen molar-refractivity contribution in [2.45, 2.75) is 58.4 Å². The molecule has 0 saturated heterocycles. The van der Waals surface area contributed by atoms with Gasteiger partial charge in [-0.05, 0) is 45.6 Å². The second kappa shape index (κ2) is 7.43. The van der Waals surface area contributed by atoms with Crippen molar-refractivity contribution in [3.05, 3.63) is 17.5 Å². The first-order valence-corrected chi connectivity index (χ1v) is 8.48. The molecule has 1 aliphatic carbocycles.